The molecule has 0 heterocycles. The second-order valence-corrected chi connectivity index (χ2v) is 5.52. The fourth-order valence-corrected chi connectivity index (χ4v) is 2.12. The lowest BCUT2D eigenvalue weighted by atomic mass is 10.0. The molecule has 2 aromatic rings. The lowest BCUT2D eigenvalue weighted by Gasteiger charge is -2.16. The first-order valence-corrected chi connectivity index (χ1v) is 7.32. The van der Waals surface area contributed by atoms with Crippen molar-refractivity contribution in [1.82, 2.24) is 0 Å². The monoisotopic (exact) mass is 299 g/mol. The summed E-state index contributed by atoms with van der Waals surface area (Å²) >= 11 is 0. The highest BCUT2D eigenvalue weighted by Crippen LogP contribution is 2.31. The zero-order chi connectivity index (χ0) is 15.9. The minimum absolute atomic E-state index is 0.408. The summed E-state index contributed by atoms with van der Waals surface area (Å²) in [5.74, 6) is 1.57. The van der Waals surface area contributed by atoms with Gasteiger partial charge in [0.25, 0.3) is 0 Å². The van der Waals surface area contributed by atoms with Gasteiger partial charge in [-0.2, -0.15) is 0 Å². The van der Waals surface area contributed by atoms with Crippen molar-refractivity contribution in [3.63, 3.8) is 0 Å². The molecule has 0 saturated heterocycles. The number of amides is 1. The molecule has 0 saturated carbocycles. The third-order valence-electron chi connectivity index (χ3n) is 3.10. The average Bonchev–Trinajstić information content (AvgIpc) is 2.48. The molecular formula is C18H21NO3. The highest BCUT2D eigenvalue weighted by atomic mass is 16.5. The molecule has 0 unspecified atom stereocenters. The first kappa shape index (κ1) is 15.9. The van der Waals surface area contributed by atoms with Gasteiger partial charge >= 0.3 is 6.09 Å². The van der Waals surface area contributed by atoms with Crippen molar-refractivity contribution in [3.8, 4) is 11.5 Å². The molecule has 4 nitrogen and oxygen atoms in total. The number of hydrogen-bond donors (Lipinski definition) is 1. The largest absolute Gasteiger partial charge is 0.493 e. The van der Waals surface area contributed by atoms with E-state index < -0.39 is 6.09 Å². The van der Waals surface area contributed by atoms with Crippen molar-refractivity contribution < 1.29 is 14.3 Å². The summed E-state index contributed by atoms with van der Waals surface area (Å²) in [6.45, 7) is 4.77. The van der Waals surface area contributed by atoms with Crippen LogP contribution in [0.15, 0.2) is 48.5 Å². The van der Waals surface area contributed by atoms with Crippen molar-refractivity contribution in [2.24, 2.45) is 11.7 Å². The van der Waals surface area contributed by atoms with Gasteiger partial charge in [-0.3, -0.25) is 0 Å². The number of primary amides is 1. The maximum Gasteiger partial charge on any atom is 0.409 e. The second kappa shape index (κ2) is 7.50. The van der Waals surface area contributed by atoms with Crippen LogP contribution >= 0.6 is 0 Å². The van der Waals surface area contributed by atoms with Gasteiger partial charge in [0.15, 0.2) is 0 Å². The van der Waals surface area contributed by atoms with E-state index >= 15 is 0 Å². The molecule has 2 rings (SSSR count). The Balaban J connectivity index is 2.33. The zero-order valence-electron chi connectivity index (χ0n) is 12.9. The van der Waals surface area contributed by atoms with E-state index in [0.29, 0.717) is 24.7 Å². The molecule has 0 aliphatic heterocycles. The van der Waals surface area contributed by atoms with E-state index in [1.807, 2.05) is 36.4 Å². The van der Waals surface area contributed by atoms with Crippen LogP contribution in [0.5, 0.6) is 11.5 Å². The third-order valence-corrected chi connectivity index (χ3v) is 3.10. The van der Waals surface area contributed by atoms with E-state index in [2.05, 4.69) is 13.8 Å². The average molecular weight is 299 g/mol. The topological polar surface area (TPSA) is 61.6 Å². The number of nitrogens with two attached hydrogens (primary N) is 1. The van der Waals surface area contributed by atoms with E-state index in [0.717, 1.165) is 16.9 Å². The lowest BCUT2D eigenvalue weighted by molar-refractivity contribution is 0.210. The van der Waals surface area contributed by atoms with Crippen molar-refractivity contribution in [2.75, 3.05) is 6.61 Å². The number of carbonyl (C=O) groups excluding carboxylic acids is 1. The Bertz CT molecular complexity index is 623. The van der Waals surface area contributed by atoms with Crippen LogP contribution in [0.4, 0.5) is 4.79 Å². The molecular weight excluding hydrogens is 278 g/mol. The van der Waals surface area contributed by atoms with Crippen LogP contribution in [0.1, 0.15) is 25.0 Å². The summed E-state index contributed by atoms with van der Waals surface area (Å²) in [5.41, 5.74) is 7.09. The first-order chi connectivity index (χ1) is 10.6. The highest BCUT2D eigenvalue weighted by Gasteiger charge is 2.14. The van der Waals surface area contributed by atoms with Crippen LogP contribution in [0.25, 0.3) is 0 Å². The van der Waals surface area contributed by atoms with Gasteiger partial charge in [-0.05, 0) is 23.6 Å². The van der Waals surface area contributed by atoms with Crippen molar-refractivity contribution in [2.45, 2.75) is 20.3 Å². The normalized spacial score (nSPS) is 10.5. The van der Waals surface area contributed by atoms with Crippen LogP contribution in [0, 0.1) is 5.92 Å². The van der Waals surface area contributed by atoms with Gasteiger partial charge < -0.3 is 15.2 Å². The maximum absolute atomic E-state index is 11.1. The van der Waals surface area contributed by atoms with Gasteiger partial charge in [0.1, 0.15) is 11.5 Å². The van der Waals surface area contributed by atoms with Crippen LogP contribution in [0.2, 0.25) is 0 Å². The molecule has 116 valence electrons. The van der Waals surface area contributed by atoms with Crippen molar-refractivity contribution >= 4 is 6.09 Å². The van der Waals surface area contributed by atoms with Gasteiger partial charge in [-0.25, -0.2) is 4.79 Å². The maximum atomic E-state index is 11.1. The van der Waals surface area contributed by atoms with Crippen LogP contribution in [-0.2, 0) is 6.42 Å². The molecule has 2 aromatic carbocycles. The summed E-state index contributed by atoms with van der Waals surface area (Å²) in [6, 6.07) is 15.4. The Hall–Kier alpha value is -2.49. The summed E-state index contributed by atoms with van der Waals surface area (Å²) in [5, 5.41) is 0. The molecule has 0 spiro atoms. The van der Waals surface area contributed by atoms with Crippen molar-refractivity contribution in [1.29, 1.82) is 0 Å². The molecule has 0 aliphatic carbocycles. The van der Waals surface area contributed by atoms with Gasteiger partial charge in [0, 0.05) is 12.0 Å². The molecule has 1 amide bonds. The van der Waals surface area contributed by atoms with Crippen LogP contribution < -0.4 is 15.2 Å². The summed E-state index contributed by atoms with van der Waals surface area (Å²) in [4.78, 5) is 11.1. The zero-order valence-corrected chi connectivity index (χ0v) is 12.9. The first-order valence-electron chi connectivity index (χ1n) is 7.32. The van der Waals surface area contributed by atoms with E-state index in [1.165, 1.54) is 0 Å². The lowest BCUT2D eigenvalue weighted by Crippen LogP contribution is -2.17. The minimum atomic E-state index is -0.824. The Morgan fingerprint density at radius 3 is 2.36 bits per heavy atom. The second-order valence-electron chi connectivity index (χ2n) is 5.52. The quantitative estimate of drug-likeness (QED) is 0.883. The molecule has 0 fully saturated rings. The van der Waals surface area contributed by atoms with Gasteiger partial charge in [-0.15, -0.1) is 0 Å². The van der Waals surface area contributed by atoms with E-state index in [-0.39, 0.29) is 0 Å². The SMILES string of the molecule is CC(C)COc1cccc(OC(N)=O)c1Cc1ccccc1. The van der Waals surface area contributed by atoms with E-state index in [1.54, 1.807) is 12.1 Å². The molecule has 0 aliphatic rings. The summed E-state index contributed by atoms with van der Waals surface area (Å²) < 4.78 is 11.0. The summed E-state index contributed by atoms with van der Waals surface area (Å²) in [6.07, 6.45) is -0.215. The van der Waals surface area contributed by atoms with E-state index in [9.17, 15) is 4.79 Å². The van der Waals surface area contributed by atoms with E-state index in [4.69, 9.17) is 15.2 Å². The molecule has 22 heavy (non-hydrogen) atoms. The number of benzene rings is 2. The van der Waals surface area contributed by atoms with Gasteiger partial charge in [0.05, 0.1) is 6.61 Å². The molecule has 0 bridgehead atoms. The highest BCUT2D eigenvalue weighted by molar-refractivity contribution is 5.69. The number of carbonyl (C=O) groups is 1. The van der Waals surface area contributed by atoms with Crippen molar-refractivity contribution in [3.05, 3.63) is 59.7 Å². The van der Waals surface area contributed by atoms with Gasteiger partial charge in [-0.1, -0.05) is 50.2 Å². The molecule has 0 aromatic heterocycles. The van der Waals surface area contributed by atoms with Crippen LogP contribution in [0.3, 0.4) is 0 Å². The number of rotatable bonds is 6. The standard InChI is InChI=1S/C18H21NO3/c1-13(2)12-21-16-9-6-10-17(22-18(19)20)15(16)11-14-7-4-3-5-8-14/h3-10,13H,11-12H2,1-2H3,(H2,19,20). The number of ether oxygens (including phenoxy) is 2. The fraction of sp³-hybridized carbons (Fsp3) is 0.278. The predicted molar refractivity (Wildman–Crippen MR) is 86.2 cm³/mol. The van der Waals surface area contributed by atoms with Crippen LogP contribution in [-0.4, -0.2) is 12.7 Å². The number of hydrogen-bond acceptors (Lipinski definition) is 3. The Labute approximate surface area is 130 Å². The minimum Gasteiger partial charge on any atom is -0.493 e. The smallest absolute Gasteiger partial charge is 0.409 e. The Morgan fingerprint density at radius 2 is 1.73 bits per heavy atom. The summed E-state index contributed by atoms with van der Waals surface area (Å²) in [7, 11) is 0. The molecule has 0 atom stereocenters. The third kappa shape index (κ3) is 4.52. The molecule has 0 radical (unpaired) electrons. The Kier molecular flexibility index (Phi) is 5.42. The molecule has 4 heteroatoms. The Morgan fingerprint density at radius 1 is 1.05 bits per heavy atom. The van der Waals surface area contributed by atoms with Gasteiger partial charge in [0.2, 0.25) is 0 Å². The predicted octanol–water partition coefficient (Wildman–Crippen LogP) is 3.77. The fourth-order valence-electron chi connectivity index (χ4n) is 2.12. The molecule has 2 N–H and O–H groups in total.